The van der Waals surface area contributed by atoms with Gasteiger partial charge in [-0.3, -0.25) is 14.4 Å². The number of rotatable bonds is 6. The third-order valence-electron chi connectivity index (χ3n) is 9.89. The topological polar surface area (TPSA) is 76.9 Å². The van der Waals surface area contributed by atoms with Crippen molar-refractivity contribution in [3.8, 4) is 0 Å². The second-order valence-electron chi connectivity index (χ2n) is 12.6. The summed E-state index contributed by atoms with van der Waals surface area (Å²) < 4.78 is 44.2. The first kappa shape index (κ1) is 29.9. The van der Waals surface area contributed by atoms with Gasteiger partial charge in [0.1, 0.15) is 11.6 Å². The lowest BCUT2D eigenvalue weighted by Crippen LogP contribution is -2.68. The number of alkyl halides is 3. The number of aromatic nitrogens is 4. The molecule has 0 bridgehead atoms. The molecule has 3 atom stereocenters. The fourth-order valence-electron chi connectivity index (χ4n) is 7.33. The van der Waals surface area contributed by atoms with Gasteiger partial charge in [-0.15, -0.1) is 0 Å². The Kier molecular flexibility index (Phi) is 8.14. The number of hydrogen-bond acceptors (Lipinski definition) is 8. The van der Waals surface area contributed by atoms with Crippen LogP contribution in [0, 0.1) is 6.92 Å². The lowest BCUT2D eigenvalue weighted by Gasteiger charge is -2.53. The fraction of sp³-hybridized carbons (Fsp3) is 0.667. The monoisotopic (exact) mass is 601 g/mol. The standard InChI is InChI=1S/C30H42F3N9O/c1-5-27(43)40-14-12-38(13-15-40)24-19-41(21(24)3)26-16-25(35-29(36-26)30(31,32)33)39-10-6-22(7-11-39)28-20(2)17-34-42(28)23-8-9-37(4)18-23/h5,16-17,21-24H,1,6-15,18-19H2,2-4H3/t21-,23?,24-/m1/s1. The average molecular weight is 602 g/mol. The summed E-state index contributed by atoms with van der Waals surface area (Å²) in [5.41, 5.74) is 2.46. The highest BCUT2D eigenvalue weighted by molar-refractivity contribution is 5.87. The van der Waals surface area contributed by atoms with E-state index in [1.54, 1.807) is 11.0 Å². The molecule has 234 valence electrons. The Morgan fingerprint density at radius 3 is 2.30 bits per heavy atom. The molecule has 4 fully saturated rings. The lowest BCUT2D eigenvalue weighted by atomic mass is 9.91. The summed E-state index contributed by atoms with van der Waals surface area (Å²) in [5.74, 6) is -0.184. The van der Waals surface area contributed by atoms with Gasteiger partial charge >= 0.3 is 6.18 Å². The minimum atomic E-state index is -4.64. The van der Waals surface area contributed by atoms with Crippen LogP contribution in [0.4, 0.5) is 24.8 Å². The molecule has 4 saturated heterocycles. The van der Waals surface area contributed by atoms with Gasteiger partial charge in [0, 0.05) is 82.1 Å². The normalized spacial score (nSPS) is 26.2. The summed E-state index contributed by atoms with van der Waals surface area (Å²) >= 11 is 0. The number of aryl methyl sites for hydroxylation is 1. The van der Waals surface area contributed by atoms with Crippen LogP contribution in [0.1, 0.15) is 55.2 Å². The largest absolute Gasteiger partial charge is 0.451 e. The molecular weight excluding hydrogens is 559 g/mol. The Morgan fingerprint density at radius 1 is 1.00 bits per heavy atom. The number of piperidine rings is 1. The van der Waals surface area contributed by atoms with E-state index in [9.17, 15) is 18.0 Å². The number of likely N-dealkylation sites (tertiary alicyclic amines) is 1. The van der Waals surface area contributed by atoms with Crippen molar-refractivity contribution in [2.45, 2.75) is 63.3 Å². The van der Waals surface area contributed by atoms with Crippen LogP contribution in [0.3, 0.4) is 0 Å². The van der Waals surface area contributed by atoms with E-state index in [0.717, 1.165) is 45.4 Å². The van der Waals surface area contributed by atoms with Crippen molar-refractivity contribution < 1.29 is 18.0 Å². The molecule has 0 spiro atoms. The summed E-state index contributed by atoms with van der Waals surface area (Å²) in [7, 11) is 2.13. The van der Waals surface area contributed by atoms with Gasteiger partial charge < -0.3 is 19.6 Å². The molecule has 10 nitrogen and oxygen atoms in total. The van der Waals surface area contributed by atoms with Gasteiger partial charge in [0.05, 0.1) is 12.2 Å². The molecular formula is C30H42F3N9O. The van der Waals surface area contributed by atoms with Crippen LogP contribution < -0.4 is 9.80 Å². The van der Waals surface area contributed by atoms with E-state index in [1.807, 2.05) is 22.9 Å². The van der Waals surface area contributed by atoms with Gasteiger partial charge in [-0.05, 0) is 58.3 Å². The number of halogens is 3. The maximum Gasteiger partial charge on any atom is 0.451 e. The van der Waals surface area contributed by atoms with Gasteiger partial charge in [-0.2, -0.15) is 18.3 Å². The van der Waals surface area contributed by atoms with E-state index < -0.39 is 12.0 Å². The number of carbonyl (C=O) groups is 1. The van der Waals surface area contributed by atoms with Gasteiger partial charge in [0.15, 0.2) is 0 Å². The molecule has 1 amide bonds. The molecule has 2 aromatic heterocycles. The number of nitrogens with zero attached hydrogens (tertiary/aromatic N) is 9. The molecule has 4 aliphatic heterocycles. The summed E-state index contributed by atoms with van der Waals surface area (Å²) in [6.45, 7) is 14.3. The number of amides is 1. The molecule has 43 heavy (non-hydrogen) atoms. The van der Waals surface area contributed by atoms with E-state index in [4.69, 9.17) is 5.10 Å². The molecule has 0 aliphatic carbocycles. The Hall–Kier alpha value is -3.19. The van der Waals surface area contributed by atoms with Gasteiger partial charge in [-0.1, -0.05) is 6.58 Å². The molecule has 1 unspecified atom stereocenters. The second kappa shape index (κ2) is 11.7. The van der Waals surface area contributed by atoms with Crippen molar-refractivity contribution in [3.05, 3.63) is 42.0 Å². The van der Waals surface area contributed by atoms with Crippen LogP contribution in [0.25, 0.3) is 0 Å². The number of likely N-dealkylation sites (N-methyl/N-ethyl adjacent to an activating group) is 1. The first-order valence-corrected chi connectivity index (χ1v) is 15.4. The zero-order valence-electron chi connectivity index (χ0n) is 25.3. The van der Waals surface area contributed by atoms with Crippen LogP contribution in [0.2, 0.25) is 0 Å². The zero-order valence-corrected chi connectivity index (χ0v) is 25.3. The maximum atomic E-state index is 14.0. The molecule has 6 rings (SSSR count). The van der Waals surface area contributed by atoms with Crippen molar-refractivity contribution in [2.24, 2.45) is 0 Å². The molecule has 0 N–H and O–H groups in total. The summed E-state index contributed by atoms with van der Waals surface area (Å²) in [6, 6.07) is 2.28. The first-order chi connectivity index (χ1) is 20.5. The Balaban J connectivity index is 1.14. The van der Waals surface area contributed by atoms with Crippen LogP contribution in [-0.4, -0.2) is 118 Å². The minimum absolute atomic E-state index is 0.00544. The Bertz CT molecular complexity index is 1330. The van der Waals surface area contributed by atoms with Crippen LogP contribution in [0.5, 0.6) is 0 Å². The predicted octanol–water partition coefficient (Wildman–Crippen LogP) is 3.17. The third-order valence-corrected chi connectivity index (χ3v) is 9.89. The Morgan fingerprint density at radius 2 is 1.70 bits per heavy atom. The molecule has 4 aliphatic rings. The zero-order chi connectivity index (χ0) is 30.5. The smallest absolute Gasteiger partial charge is 0.356 e. The van der Waals surface area contributed by atoms with E-state index >= 15 is 0 Å². The molecule has 0 saturated carbocycles. The van der Waals surface area contributed by atoms with Crippen molar-refractivity contribution >= 4 is 17.5 Å². The predicted molar refractivity (Wildman–Crippen MR) is 158 cm³/mol. The Labute approximate surface area is 251 Å². The maximum absolute atomic E-state index is 14.0. The van der Waals surface area contributed by atoms with Crippen LogP contribution in [-0.2, 0) is 11.0 Å². The van der Waals surface area contributed by atoms with E-state index in [1.165, 1.54) is 17.3 Å². The quantitative estimate of drug-likeness (QED) is 0.468. The van der Waals surface area contributed by atoms with Crippen LogP contribution in [0.15, 0.2) is 24.9 Å². The van der Waals surface area contributed by atoms with Crippen molar-refractivity contribution in [2.75, 3.05) is 75.8 Å². The van der Waals surface area contributed by atoms with E-state index in [-0.39, 0.29) is 18.0 Å². The van der Waals surface area contributed by atoms with E-state index in [0.29, 0.717) is 56.3 Å². The molecule has 13 heteroatoms. The van der Waals surface area contributed by atoms with E-state index in [2.05, 4.69) is 45.0 Å². The van der Waals surface area contributed by atoms with Gasteiger partial charge in [0.2, 0.25) is 11.7 Å². The van der Waals surface area contributed by atoms with Crippen LogP contribution >= 0.6 is 0 Å². The van der Waals surface area contributed by atoms with Crippen molar-refractivity contribution in [1.82, 2.24) is 34.4 Å². The number of hydrogen-bond donors (Lipinski definition) is 0. The second-order valence-corrected chi connectivity index (χ2v) is 12.6. The number of piperazine rings is 1. The highest BCUT2D eigenvalue weighted by atomic mass is 19.4. The van der Waals surface area contributed by atoms with Gasteiger partial charge in [0.25, 0.3) is 0 Å². The molecule has 0 radical (unpaired) electrons. The molecule has 6 heterocycles. The lowest BCUT2D eigenvalue weighted by molar-refractivity contribution is -0.144. The highest BCUT2D eigenvalue weighted by Gasteiger charge is 2.43. The number of carbonyl (C=O) groups excluding carboxylic acids is 1. The van der Waals surface area contributed by atoms with Crippen molar-refractivity contribution in [1.29, 1.82) is 0 Å². The average Bonchev–Trinajstić information content (AvgIpc) is 3.60. The molecule has 2 aromatic rings. The fourth-order valence-corrected chi connectivity index (χ4v) is 7.33. The highest BCUT2D eigenvalue weighted by Crippen LogP contribution is 2.38. The summed E-state index contributed by atoms with van der Waals surface area (Å²) in [6.07, 6.45) is 1.39. The van der Waals surface area contributed by atoms with Crippen molar-refractivity contribution in [3.63, 3.8) is 0 Å². The SMILES string of the molecule is C=CC(=O)N1CCN([C@@H]2CN(c3cc(N4CCC(c5c(C)cnn5C5CCN(C)C5)CC4)nc(C(F)(F)F)n3)[C@@H]2C)CC1. The summed E-state index contributed by atoms with van der Waals surface area (Å²) in [4.78, 5) is 30.3. The molecule has 0 aromatic carbocycles. The number of anilines is 2. The summed E-state index contributed by atoms with van der Waals surface area (Å²) in [5, 5.41) is 4.73. The third kappa shape index (κ3) is 5.85. The first-order valence-electron chi connectivity index (χ1n) is 15.4. The minimum Gasteiger partial charge on any atom is -0.356 e. The van der Waals surface area contributed by atoms with Gasteiger partial charge in [-0.25, -0.2) is 9.97 Å².